The number of halogens is 3. The Hall–Kier alpha value is -2.97. The fourth-order valence-electron chi connectivity index (χ4n) is 3.16. The second-order valence-electron chi connectivity index (χ2n) is 7.52. The highest BCUT2D eigenvalue weighted by molar-refractivity contribution is 5.98. The third-order valence-electron chi connectivity index (χ3n) is 5.10. The van der Waals surface area contributed by atoms with Gasteiger partial charge in [-0.3, -0.25) is 14.9 Å². The number of aromatic nitrogens is 2. The molecule has 1 unspecified atom stereocenters. The second-order valence-corrected chi connectivity index (χ2v) is 7.52. The molecule has 2 aromatic rings. The second kappa shape index (κ2) is 7.46. The molecule has 1 aromatic carbocycles. The van der Waals surface area contributed by atoms with E-state index in [0.717, 1.165) is 35.7 Å². The summed E-state index contributed by atoms with van der Waals surface area (Å²) in [6.07, 6.45) is 3.72. The van der Waals surface area contributed by atoms with Gasteiger partial charge >= 0.3 is 0 Å². The summed E-state index contributed by atoms with van der Waals surface area (Å²) in [4.78, 5) is 33.5. The molecule has 9 heteroatoms. The molecule has 29 heavy (non-hydrogen) atoms. The van der Waals surface area contributed by atoms with E-state index in [0.29, 0.717) is 11.5 Å². The standard InChI is InChI=1S/C20H19F3N4O2/c21-16-8-24-19(25-9-16)26-17(28)11-27(10-15-7-20(15,22)23)18(29)14-5-3-13(4-6-14)12-1-2-12/h3-6,8-9,12,15H,1-2,7,10-11H2,(H,24,25,26,28). The lowest BCUT2D eigenvalue weighted by Gasteiger charge is -2.22. The molecule has 1 heterocycles. The summed E-state index contributed by atoms with van der Waals surface area (Å²) in [7, 11) is 0. The molecule has 0 aliphatic heterocycles. The van der Waals surface area contributed by atoms with Gasteiger partial charge < -0.3 is 4.90 Å². The molecule has 4 rings (SSSR count). The van der Waals surface area contributed by atoms with Crippen LogP contribution in [0.15, 0.2) is 36.7 Å². The van der Waals surface area contributed by atoms with Crippen molar-refractivity contribution in [2.24, 2.45) is 5.92 Å². The number of carbonyl (C=O) groups excluding carboxylic acids is 2. The number of hydrogen-bond donors (Lipinski definition) is 1. The molecule has 2 amide bonds. The quantitative estimate of drug-likeness (QED) is 0.769. The summed E-state index contributed by atoms with van der Waals surface area (Å²) >= 11 is 0. The smallest absolute Gasteiger partial charge is 0.254 e. The molecule has 2 aliphatic rings. The van der Waals surface area contributed by atoms with Gasteiger partial charge in [0.05, 0.1) is 12.4 Å². The predicted molar refractivity (Wildman–Crippen MR) is 98.0 cm³/mol. The maximum absolute atomic E-state index is 13.4. The van der Waals surface area contributed by atoms with Gasteiger partial charge in [0.1, 0.15) is 6.54 Å². The Morgan fingerprint density at radius 3 is 2.31 bits per heavy atom. The van der Waals surface area contributed by atoms with Crippen molar-refractivity contribution in [1.29, 1.82) is 0 Å². The first-order valence-electron chi connectivity index (χ1n) is 9.36. The van der Waals surface area contributed by atoms with Crippen LogP contribution < -0.4 is 5.32 Å². The Kier molecular flexibility index (Phi) is 4.97. The fraction of sp³-hybridized carbons (Fsp3) is 0.400. The Morgan fingerprint density at radius 1 is 1.14 bits per heavy atom. The molecule has 1 aromatic heterocycles. The van der Waals surface area contributed by atoms with Crippen LogP contribution >= 0.6 is 0 Å². The van der Waals surface area contributed by atoms with Gasteiger partial charge in [0.25, 0.3) is 11.8 Å². The fourth-order valence-corrected chi connectivity index (χ4v) is 3.16. The molecule has 0 saturated heterocycles. The normalized spacial score (nSPS) is 19.5. The van der Waals surface area contributed by atoms with E-state index in [-0.39, 0.29) is 18.9 Å². The summed E-state index contributed by atoms with van der Waals surface area (Å²) in [5, 5.41) is 2.34. The Balaban J connectivity index is 1.45. The average Bonchev–Trinajstić information content (AvgIpc) is 3.61. The highest BCUT2D eigenvalue weighted by Gasteiger charge is 2.57. The van der Waals surface area contributed by atoms with Crippen LogP contribution in [0.1, 0.15) is 41.1 Å². The molecule has 1 atom stereocenters. The summed E-state index contributed by atoms with van der Waals surface area (Å²) in [5.74, 6) is -5.19. The number of rotatable bonds is 7. The first-order chi connectivity index (χ1) is 13.8. The van der Waals surface area contributed by atoms with E-state index in [1.165, 1.54) is 0 Å². The SMILES string of the molecule is O=C(CN(CC1CC1(F)F)C(=O)c1ccc(C2CC2)cc1)Nc1ncc(F)cn1. The summed E-state index contributed by atoms with van der Waals surface area (Å²) in [6, 6.07) is 7.05. The lowest BCUT2D eigenvalue weighted by atomic mass is 10.1. The van der Waals surface area contributed by atoms with Crippen LogP contribution in [-0.2, 0) is 4.79 Å². The van der Waals surface area contributed by atoms with Gasteiger partial charge in [-0.05, 0) is 36.5 Å². The van der Waals surface area contributed by atoms with Crippen molar-refractivity contribution in [1.82, 2.24) is 14.9 Å². The van der Waals surface area contributed by atoms with E-state index >= 15 is 0 Å². The lowest BCUT2D eigenvalue weighted by Crippen LogP contribution is -2.40. The van der Waals surface area contributed by atoms with Gasteiger partial charge in [0.2, 0.25) is 11.9 Å². The molecular formula is C20H19F3N4O2. The number of hydrogen-bond acceptors (Lipinski definition) is 4. The first-order valence-corrected chi connectivity index (χ1v) is 9.36. The number of anilines is 1. The average molecular weight is 404 g/mol. The zero-order chi connectivity index (χ0) is 20.6. The van der Waals surface area contributed by atoms with Crippen molar-refractivity contribution < 1.29 is 22.8 Å². The highest BCUT2D eigenvalue weighted by atomic mass is 19.3. The van der Waals surface area contributed by atoms with Crippen molar-refractivity contribution in [3.05, 3.63) is 53.6 Å². The number of carbonyl (C=O) groups is 2. The van der Waals surface area contributed by atoms with Crippen molar-refractivity contribution in [2.45, 2.75) is 31.1 Å². The molecule has 0 radical (unpaired) electrons. The molecule has 2 fully saturated rings. The van der Waals surface area contributed by atoms with Crippen LogP contribution in [0.4, 0.5) is 19.1 Å². The minimum absolute atomic E-state index is 0.130. The van der Waals surface area contributed by atoms with Gasteiger partial charge in [0, 0.05) is 24.4 Å². The molecule has 0 bridgehead atoms. The van der Waals surface area contributed by atoms with Crippen LogP contribution in [0, 0.1) is 11.7 Å². The van der Waals surface area contributed by atoms with Gasteiger partial charge in [-0.25, -0.2) is 23.1 Å². The third kappa shape index (κ3) is 4.72. The maximum atomic E-state index is 13.4. The minimum atomic E-state index is -2.81. The topological polar surface area (TPSA) is 75.2 Å². The molecular weight excluding hydrogens is 385 g/mol. The summed E-state index contributed by atoms with van der Waals surface area (Å²) < 4.78 is 39.7. The zero-order valence-electron chi connectivity index (χ0n) is 15.4. The monoisotopic (exact) mass is 404 g/mol. The summed E-state index contributed by atoms with van der Waals surface area (Å²) in [5.41, 5.74) is 1.48. The Bertz CT molecular complexity index is 914. The van der Waals surface area contributed by atoms with Gasteiger partial charge in [-0.15, -0.1) is 0 Å². The minimum Gasteiger partial charge on any atom is -0.329 e. The van der Waals surface area contributed by atoms with Crippen LogP contribution in [-0.4, -0.2) is 45.7 Å². The number of benzene rings is 1. The van der Waals surface area contributed by atoms with Crippen molar-refractivity contribution >= 4 is 17.8 Å². The highest BCUT2D eigenvalue weighted by Crippen LogP contribution is 2.49. The number of nitrogens with one attached hydrogen (secondary N) is 1. The predicted octanol–water partition coefficient (Wildman–Crippen LogP) is 3.23. The largest absolute Gasteiger partial charge is 0.329 e. The van der Waals surface area contributed by atoms with Crippen LogP contribution in [0.3, 0.4) is 0 Å². The van der Waals surface area contributed by atoms with Gasteiger partial charge in [0.15, 0.2) is 5.82 Å². The van der Waals surface area contributed by atoms with Crippen LogP contribution in [0.5, 0.6) is 0 Å². The van der Waals surface area contributed by atoms with E-state index in [4.69, 9.17) is 0 Å². The molecule has 2 aliphatic carbocycles. The molecule has 1 N–H and O–H groups in total. The van der Waals surface area contributed by atoms with E-state index in [1.54, 1.807) is 12.1 Å². The molecule has 152 valence electrons. The van der Waals surface area contributed by atoms with Crippen molar-refractivity contribution in [2.75, 3.05) is 18.4 Å². The number of alkyl halides is 2. The number of nitrogens with zero attached hydrogens (tertiary/aromatic N) is 3. The third-order valence-corrected chi connectivity index (χ3v) is 5.10. The van der Waals surface area contributed by atoms with E-state index in [2.05, 4.69) is 15.3 Å². The maximum Gasteiger partial charge on any atom is 0.254 e. The molecule has 6 nitrogen and oxygen atoms in total. The number of amides is 2. The first kappa shape index (κ1) is 19.4. The van der Waals surface area contributed by atoms with Crippen LogP contribution in [0.2, 0.25) is 0 Å². The van der Waals surface area contributed by atoms with Crippen LogP contribution in [0.25, 0.3) is 0 Å². The van der Waals surface area contributed by atoms with E-state index in [1.807, 2.05) is 12.1 Å². The Labute approximate surface area is 165 Å². The van der Waals surface area contributed by atoms with Crippen molar-refractivity contribution in [3.8, 4) is 0 Å². The molecule has 2 saturated carbocycles. The van der Waals surface area contributed by atoms with E-state index in [9.17, 15) is 22.8 Å². The van der Waals surface area contributed by atoms with Crippen molar-refractivity contribution in [3.63, 3.8) is 0 Å². The zero-order valence-corrected chi connectivity index (χ0v) is 15.4. The summed E-state index contributed by atoms with van der Waals surface area (Å²) in [6.45, 7) is -0.662. The van der Waals surface area contributed by atoms with Gasteiger partial charge in [-0.1, -0.05) is 12.1 Å². The lowest BCUT2D eigenvalue weighted by molar-refractivity contribution is -0.117. The Morgan fingerprint density at radius 2 is 1.76 bits per heavy atom. The van der Waals surface area contributed by atoms with Gasteiger partial charge in [-0.2, -0.15) is 0 Å². The molecule has 0 spiro atoms. The van der Waals surface area contributed by atoms with E-state index < -0.39 is 36.0 Å².